The molecule has 0 aromatic heterocycles. The summed E-state index contributed by atoms with van der Waals surface area (Å²) in [5.74, 6) is 0.433. The molecular weight excluding hydrogens is 316 g/mol. The zero-order valence-corrected chi connectivity index (χ0v) is 14.3. The summed E-state index contributed by atoms with van der Waals surface area (Å²) < 4.78 is 0. The van der Waals surface area contributed by atoms with Crippen molar-refractivity contribution in [1.82, 2.24) is 0 Å². The van der Waals surface area contributed by atoms with Crippen LogP contribution in [0.15, 0.2) is 59.5 Å². The Morgan fingerprint density at radius 2 is 2.00 bits per heavy atom. The van der Waals surface area contributed by atoms with Crippen molar-refractivity contribution in [3.8, 4) is 0 Å². The molecule has 0 saturated heterocycles. The second-order valence-corrected chi connectivity index (χ2v) is 7.26. The fraction of sp³-hybridized carbons (Fsp3) is 0.250. The Morgan fingerprint density at radius 3 is 2.71 bits per heavy atom. The van der Waals surface area contributed by atoms with Gasteiger partial charge in [0.15, 0.2) is 0 Å². The topological polar surface area (TPSA) is 55.1 Å². The van der Waals surface area contributed by atoms with E-state index in [0.717, 1.165) is 12.1 Å². The minimum absolute atomic E-state index is 0.189. The van der Waals surface area contributed by atoms with E-state index in [1.807, 2.05) is 6.07 Å². The second-order valence-electron chi connectivity index (χ2n) is 6.38. The number of allylic oxidation sites excluding steroid dienone is 2. The van der Waals surface area contributed by atoms with Gasteiger partial charge in [-0.2, -0.15) is 0 Å². The van der Waals surface area contributed by atoms with Gasteiger partial charge in [-0.1, -0.05) is 36.4 Å². The molecule has 2 aromatic rings. The van der Waals surface area contributed by atoms with Crippen LogP contribution in [0, 0.1) is 5.92 Å². The van der Waals surface area contributed by atoms with E-state index in [1.54, 1.807) is 17.8 Å². The summed E-state index contributed by atoms with van der Waals surface area (Å²) >= 11 is 1.74. The normalized spacial score (nSPS) is 24.1. The molecule has 0 fully saturated rings. The average molecular weight is 336 g/mol. The molecule has 0 spiro atoms. The maximum Gasteiger partial charge on any atom is 0.250 e. The molecule has 4 rings (SSSR count). The van der Waals surface area contributed by atoms with Crippen LogP contribution in [-0.4, -0.2) is 12.2 Å². The van der Waals surface area contributed by atoms with Gasteiger partial charge in [0.1, 0.15) is 0 Å². The third kappa shape index (κ3) is 2.42. The van der Waals surface area contributed by atoms with Crippen LogP contribution in [0.3, 0.4) is 0 Å². The molecule has 2 aromatic carbocycles. The number of benzene rings is 2. The van der Waals surface area contributed by atoms with Crippen molar-refractivity contribution in [1.29, 1.82) is 0 Å². The van der Waals surface area contributed by atoms with Gasteiger partial charge in [0, 0.05) is 10.8 Å². The van der Waals surface area contributed by atoms with Gasteiger partial charge in [0.05, 0.1) is 17.3 Å². The number of hydrogen-bond acceptors (Lipinski definition) is 3. The zero-order valence-electron chi connectivity index (χ0n) is 13.5. The molecule has 0 bridgehead atoms. The van der Waals surface area contributed by atoms with Crippen LogP contribution in [0.2, 0.25) is 0 Å². The number of hydrogen-bond donors (Lipinski definition) is 2. The first-order valence-corrected chi connectivity index (χ1v) is 9.41. The highest BCUT2D eigenvalue weighted by Crippen LogP contribution is 2.50. The van der Waals surface area contributed by atoms with Crippen LogP contribution in [0.25, 0.3) is 0 Å². The van der Waals surface area contributed by atoms with E-state index in [1.165, 1.54) is 16.0 Å². The SMILES string of the molecule is CSc1ccc(C2Nc3c(C(N)=O)cccc3C3C=CCC32)cc1. The lowest BCUT2D eigenvalue weighted by molar-refractivity contribution is 0.100. The maximum atomic E-state index is 11.9. The molecule has 122 valence electrons. The molecule has 4 heteroatoms. The van der Waals surface area contributed by atoms with Crippen LogP contribution < -0.4 is 11.1 Å². The second kappa shape index (κ2) is 6.02. The van der Waals surface area contributed by atoms with E-state index in [9.17, 15) is 4.79 Å². The molecule has 3 nitrogen and oxygen atoms in total. The third-order valence-electron chi connectivity index (χ3n) is 5.14. The lowest BCUT2D eigenvalue weighted by atomic mass is 9.76. The Hall–Kier alpha value is -2.20. The van der Waals surface area contributed by atoms with Crippen molar-refractivity contribution < 1.29 is 4.79 Å². The molecule has 3 atom stereocenters. The van der Waals surface area contributed by atoms with Gasteiger partial charge in [-0.25, -0.2) is 0 Å². The molecule has 3 unspecified atom stereocenters. The van der Waals surface area contributed by atoms with Crippen molar-refractivity contribution in [2.75, 3.05) is 11.6 Å². The summed E-state index contributed by atoms with van der Waals surface area (Å²) in [6, 6.07) is 14.7. The summed E-state index contributed by atoms with van der Waals surface area (Å²) in [7, 11) is 0. The van der Waals surface area contributed by atoms with Gasteiger partial charge in [0.25, 0.3) is 5.91 Å². The predicted molar refractivity (Wildman–Crippen MR) is 99.5 cm³/mol. The van der Waals surface area contributed by atoms with Gasteiger partial charge < -0.3 is 11.1 Å². The van der Waals surface area contributed by atoms with Crippen molar-refractivity contribution in [2.45, 2.75) is 23.3 Å². The number of fused-ring (bicyclic) bond motifs is 3. The summed E-state index contributed by atoms with van der Waals surface area (Å²) in [6.45, 7) is 0. The van der Waals surface area contributed by atoms with Gasteiger partial charge in [-0.05, 0) is 47.9 Å². The van der Waals surface area contributed by atoms with Crippen molar-refractivity contribution >= 4 is 23.4 Å². The molecule has 3 N–H and O–H groups in total. The van der Waals surface area contributed by atoms with Gasteiger partial charge in [0.2, 0.25) is 0 Å². The summed E-state index contributed by atoms with van der Waals surface area (Å²) in [5, 5.41) is 3.62. The first kappa shape index (κ1) is 15.3. The van der Waals surface area contributed by atoms with E-state index in [0.29, 0.717) is 17.4 Å². The van der Waals surface area contributed by atoms with E-state index in [-0.39, 0.29) is 11.9 Å². The fourth-order valence-corrected chi connectivity index (χ4v) is 4.38. The number of rotatable bonds is 3. The van der Waals surface area contributed by atoms with Gasteiger partial charge in [-0.15, -0.1) is 11.8 Å². The van der Waals surface area contributed by atoms with Crippen molar-refractivity contribution in [2.24, 2.45) is 11.7 Å². The van der Waals surface area contributed by atoms with E-state index in [4.69, 9.17) is 5.73 Å². The minimum atomic E-state index is -0.378. The van der Waals surface area contributed by atoms with E-state index in [2.05, 4.69) is 54.1 Å². The molecule has 1 amide bonds. The van der Waals surface area contributed by atoms with Crippen LogP contribution in [0.4, 0.5) is 5.69 Å². The number of nitrogens with one attached hydrogen (secondary N) is 1. The first-order valence-electron chi connectivity index (χ1n) is 8.19. The fourth-order valence-electron chi connectivity index (χ4n) is 3.97. The smallest absolute Gasteiger partial charge is 0.250 e. The van der Waals surface area contributed by atoms with Crippen LogP contribution in [0.5, 0.6) is 0 Å². The summed E-state index contributed by atoms with van der Waals surface area (Å²) in [5.41, 5.74) is 9.52. The van der Waals surface area contributed by atoms with Crippen molar-refractivity contribution in [3.63, 3.8) is 0 Å². The highest BCUT2D eigenvalue weighted by atomic mass is 32.2. The van der Waals surface area contributed by atoms with E-state index >= 15 is 0 Å². The number of nitrogens with two attached hydrogens (primary N) is 1. The first-order chi connectivity index (χ1) is 11.7. The number of carbonyl (C=O) groups is 1. The molecule has 0 saturated carbocycles. The van der Waals surface area contributed by atoms with Gasteiger partial charge in [-0.3, -0.25) is 4.79 Å². The predicted octanol–water partition coefficient (Wildman–Crippen LogP) is 4.33. The lowest BCUT2D eigenvalue weighted by Gasteiger charge is -2.38. The Balaban J connectivity index is 1.79. The van der Waals surface area contributed by atoms with Crippen LogP contribution in [0.1, 0.15) is 39.9 Å². The third-order valence-corrected chi connectivity index (χ3v) is 5.88. The summed E-state index contributed by atoms with van der Waals surface area (Å²) in [6.07, 6.45) is 7.66. The molecular formula is C20H20N2OS. The average Bonchev–Trinajstić information content (AvgIpc) is 3.10. The van der Waals surface area contributed by atoms with Crippen molar-refractivity contribution in [3.05, 3.63) is 71.3 Å². The molecule has 0 radical (unpaired) electrons. The van der Waals surface area contributed by atoms with Crippen LogP contribution in [-0.2, 0) is 0 Å². The minimum Gasteiger partial charge on any atom is -0.377 e. The number of amides is 1. The number of para-hydroxylation sites is 1. The number of thioether (sulfide) groups is 1. The number of anilines is 1. The monoisotopic (exact) mass is 336 g/mol. The Kier molecular flexibility index (Phi) is 3.85. The molecule has 1 heterocycles. The molecule has 24 heavy (non-hydrogen) atoms. The summed E-state index contributed by atoms with van der Waals surface area (Å²) in [4.78, 5) is 13.1. The highest BCUT2D eigenvalue weighted by molar-refractivity contribution is 7.98. The molecule has 1 aliphatic heterocycles. The quantitative estimate of drug-likeness (QED) is 0.648. The largest absolute Gasteiger partial charge is 0.377 e. The number of primary amides is 1. The Labute approximate surface area is 146 Å². The zero-order chi connectivity index (χ0) is 16.7. The lowest BCUT2D eigenvalue weighted by Crippen LogP contribution is -2.31. The maximum absolute atomic E-state index is 11.9. The van der Waals surface area contributed by atoms with Crippen LogP contribution >= 0.6 is 11.8 Å². The Morgan fingerprint density at radius 1 is 1.21 bits per heavy atom. The molecule has 2 aliphatic rings. The van der Waals surface area contributed by atoms with E-state index < -0.39 is 0 Å². The molecule has 1 aliphatic carbocycles. The van der Waals surface area contributed by atoms with Gasteiger partial charge >= 0.3 is 0 Å². The Bertz CT molecular complexity index is 813. The number of carbonyl (C=O) groups excluding carboxylic acids is 1. The highest BCUT2D eigenvalue weighted by Gasteiger charge is 2.38. The standard InChI is InChI=1S/C20H20N2OS/c1-24-13-10-8-12(9-11-13)18-15-5-2-4-14(15)16-6-3-7-17(20(21)23)19(16)22-18/h2-4,6-11,14-15,18,22H,5H2,1H3,(H2,21,23).